The zero-order chi connectivity index (χ0) is 20.2. The monoisotopic (exact) mass is 392 g/mol. The largest absolute Gasteiger partial charge is 0.330 e. The van der Waals surface area contributed by atoms with Crippen molar-refractivity contribution in [1.82, 2.24) is 4.90 Å². The van der Waals surface area contributed by atoms with Gasteiger partial charge in [-0.05, 0) is 36.6 Å². The summed E-state index contributed by atoms with van der Waals surface area (Å²) in [7, 11) is 0. The van der Waals surface area contributed by atoms with Crippen molar-refractivity contribution < 1.29 is 9.59 Å². The molecule has 0 aliphatic carbocycles. The fourth-order valence-electron chi connectivity index (χ4n) is 4.52. The average molecular weight is 393 g/mol. The van der Waals surface area contributed by atoms with E-state index in [1.807, 2.05) is 30.3 Å². The van der Waals surface area contributed by atoms with Crippen LogP contribution < -0.4 is 16.0 Å². The topological polar surface area (TPSA) is 78.7 Å². The third kappa shape index (κ3) is 4.33. The number of nitrogens with one attached hydrogen (secondary N) is 1. The molecule has 2 amide bonds. The van der Waals surface area contributed by atoms with E-state index in [1.54, 1.807) is 4.90 Å². The summed E-state index contributed by atoms with van der Waals surface area (Å²) in [5.41, 5.74) is 8.78. The van der Waals surface area contributed by atoms with Gasteiger partial charge in [-0.2, -0.15) is 0 Å². The van der Waals surface area contributed by atoms with E-state index in [0.717, 1.165) is 25.2 Å². The van der Waals surface area contributed by atoms with Crippen molar-refractivity contribution in [1.29, 1.82) is 0 Å². The summed E-state index contributed by atoms with van der Waals surface area (Å²) in [6, 6.07) is 17.9. The van der Waals surface area contributed by atoms with Crippen LogP contribution in [0.5, 0.6) is 0 Å². The molecule has 6 nitrogen and oxygen atoms in total. The Bertz CT molecular complexity index is 870. The number of nitrogens with zero attached hydrogens (tertiary/aromatic N) is 2. The van der Waals surface area contributed by atoms with E-state index >= 15 is 0 Å². The summed E-state index contributed by atoms with van der Waals surface area (Å²) in [6.45, 7) is 3.27. The first-order valence-corrected chi connectivity index (χ1v) is 10.3. The van der Waals surface area contributed by atoms with Gasteiger partial charge in [0.2, 0.25) is 11.8 Å². The third-order valence-electron chi connectivity index (χ3n) is 5.96. The lowest BCUT2D eigenvalue weighted by Crippen LogP contribution is -2.33. The second kappa shape index (κ2) is 8.76. The maximum Gasteiger partial charge on any atom is 0.238 e. The van der Waals surface area contributed by atoms with E-state index in [2.05, 4.69) is 34.5 Å². The molecule has 2 heterocycles. The van der Waals surface area contributed by atoms with Crippen LogP contribution in [0.4, 0.5) is 11.4 Å². The molecule has 2 aliphatic rings. The van der Waals surface area contributed by atoms with Gasteiger partial charge >= 0.3 is 0 Å². The van der Waals surface area contributed by atoms with Gasteiger partial charge in [-0.3, -0.25) is 14.5 Å². The van der Waals surface area contributed by atoms with Gasteiger partial charge in [-0.1, -0.05) is 42.5 Å². The Balaban J connectivity index is 1.41. The smallest absolute Gasteiger partial charge is 0.238 e. The number of amides is 2. The van der Waals surface area contributed by atoms with Crippen LogP contribution in [0.1, 0.15) is 24.3 Å². The summed E-state index contributed by atoms with van der Waals surface area (Å²) >= 11 is 0. The molecule has 3 N–H and O–H groups in total. The molecule has 2 aliphatic heterocycles. The van der Waals surface area contributed by atoms with Crippen molar-refractivity contribution in [3.63, 3.8) is 0 Å². The Morgan fingerprint density at radius 3 is 2.55 bits per heavy atom. The second-order valence-electron chi connectivity index (χ2n) is 7.92. The van der Waals surface area contributed by atoms with E-state index in [0.29, 0.717) is 43.6 Å². The molecule has 2 saturated heterocycles. The first-order valence-electron chi connectivity index (χ1n) is 10.3. The number of para-hydroxylation sites is 2. The zero-order valence-corrected chi connectivity index (χ0v) is 16.6. The SMILES string of the molecule is NC[C@@H]1CN(CC(=O)Nc2ccccc2N2CCCC2=O)C[C@H]1c1ccccc1. The van der Waals surface area contributed by atoms with Gasteiger partial charge in [0.25, 0.3) is 0 Å². The highest BCUT2D eigenvalue weighted by molar-refractivity contribution is 6.02. The molecule has 2 aromatic rings. The predicted octanol–water partition coefficient (Wildman–Crippen LogP) is 2.43. The number of carbonyl (C=O) groups is 2. The van der Waals surface area contributed by atoms with E-state index in [4.69, 9.17) is 5.73 Å². The summed E-state index contributed by atoms with van der Waals surface area (Å²) < 4.78 is 0. The molecular weight excluding hydrogens is 364 g/mol. The molecule has 2 aromatic carbocycles. The number of rotatable bonds is 6. The van der Waals surface area contributed by atoms with E-state index in [9.17, 15) is 9.59 Å². The minimum atomic E-state index is -0.0615. The van der Waals surface area contributed by atoms with Crippen LogP contribution in [-0.4, -0.2) is 49.4 Å². The number of anilines is 2. The molecule has 0 saturated carbocycles. The predicted molar refractivity (Wildman–Crippen MR) is 115 cm³/mol. The highest BCUT2D eigenvalue weighted by atomic mass is 16.2. The Morgan fingerprint density at radius 2 is 1.83 bits per heavy atom. The maximum absolute atomic E-state index is 12.8. The number of likely N-dealkylation sites (tertiary alicyclic amines) is 1. The van der Waals surface area contributed by atoms with Crippen molar-refractivity contribution in [2.24, 2.45) is 11.7 Å². The molecule has 0 aromatic heterocycles. The minimum absolute atomic E-state index is 0.0615. The van der Waals surface area contributed by atoms with Crippen molar-refractivity contribution in [2.75, 3.05) is 42.9 Å². The molecule has 0 radical (unpaired) electrons. The number of carbonyl (C=O) groups excluding carboxylic acids is 2. The van der Waals surface area contributed by atoms with Crippen LogP contribution >= 0.6 is 0 Å². The van der Waals surface area contributed by atoms with Gasteiger partial charge in [-0.15, -0.1) is 0 Å². The molecule has 4 rings (SSSR count). The number of hydrogen-bond acceptors (Lipinski definition) is 4. The third-order valence-corrected chi connectivity index (χ3v) is 5.96. The standard InChI is InChI=1S/C23H28N4O2/c24-13-18-14-26(15-19(18)17-7-2-1-3-8-17)16-22(28)25-20-9-4-5-10-21(20)27-12-6-11-23(27)29/h1-5,7-10,18-19H,6,11-16,24H2,(H,25,28)/t18-,19+/m1/s1. The fourth-order valence-corrected chi connectivity index (χ4v) is 4.52. The van der Waals surface area contributed by atoms with Crippen molar-refractivity contribution >= 4 is 23.2 Å². The minimum Gasteiger partial charge on any atom is -0.330 e. The van der Waals surface area contributed by atoms with Crippen LogP contribution in [0.15, 0.2) is 54.6 Å². The lowest BCUT2D eigenvalue weighted by atomic mass is 9.89. The summed E-state index contributed by atoms with van der Waals surface area (Å²) in [5, 5.41) is 3.02. The molecule has 0 bridgehead atoms. The normalized spacial score (nSPS) is 22.2. The van der Waals surface area contributed by atoms with Gasteiger partial charge in [-0.25, -0.2) is 0 Å². The van der Waals surface area contributed by atoms with Crippen molar-refractivity contribution in [3.05, 3.63) is 60.2 Å². The van der Waals surface area contributed by atoms with Crippen LogP contribution in [0.3, 0.4) is 0 Å². The lowest BCUT2D eigenvalue weighted by Gasteiger charge is -2.21. The first-order chi connectivity index (χ1) is 14.2. The average Bonchev–Trinajstić information content (AvgIpc) is 3.35. The quantitative estimate of drug-likeness (QED) is 0.791. The second-order valence-corrected chi connectivity index (χ2v) is 7.92. The van der Waals surface area contributed by atoms with Crippen molar-refractivity contribution in [3.8, 4) is 0 Å². The van der Waals surface area contributed by atoms with Gasteiger partial charge in [0.1, 0.15) is 0 Å². The molecule has 2 fully saturated rings. The van der Waals surface area contributed by atoms with Gasteiger partial charge < -0.3 is 16.0 Å². The van der Waals surface area contributed by atoms with Gasteiger partial charge in [0, 0.05) is 32.0 Å². The Morgan fingerprint density at radius 1 is 1.07 bits per heavy atom. The van der Waals surface area contributed by atoms with Gasteiger partial charge in [0.05, 0.1) is 17.9 Å². The van der Waals surface area contributed by atoms with E-state index in [-0.39, 0.29) is 11.8 Å². The Hall–Kier alpha value is -2.70. The van der Waals surface area contributed by atoms with Crippen LogP contribution in [0.25, 0.3) is 0 Å². The molecule has 29 heavy (non-hydrogen) atoms. The van der Waals surface area contributed by atoms with Crippen LogP contribution in [0.2, 0.25) is 0 Å². The van der Waals surface area contributed by atoms with Crippen LogP contribution in [-0.2, 0) is 9.59 Å². The van der Waals surface area contributed by atoms with Gasteiger partial charge in [0.15, 0.2) is 0 Å². The molecule has 6 heteroatoms. The summed E-state index contributed by atoms with van der Waals surface area (Å²) in [4.78, 5) is 28.8. The number of nitrogens with two attached hydrogens (primary N) is 1. The molecule has 152 valence electrons. The number of hydrogen-bond donors (Lipinski definition) is 2. The van der Waals surface area contributed by atoms with E-state index < -0.39 is 0 Å². The summed E-state index contributed by atoms with van der Waals surface area (Å²) in [5.74, 6) is 0.750. The molecule has 0 unspecified atom stereocenters. The Labute approximate surface area is 171 Å². The maximum atomic E-state index is 12.8. The fraction of sp³-hybridized carbons (Fsp3) is 0.391. The highest BCUT2D eigenvalue weighted by Crippen LogP contribution is 2.32. The number of benzene rings is 2. The highest BCUT2D eigenvalue weighted by Gasteiger charge is 2.33. The van der Waals surface area contributed by atoms with E-state index in [1.165, 1.54) is 5.56 Å². The Kier molecular flexibility index (Phi) is 5.92. The zero-order valence-electron chi connectivity index (χ0n) is 16.6. The first kappa shape index (κ1) is 19.6. The molecule has 2 atom stereocenters. The van der Waals surface area contributed by atoms with Crippen LogP contribution in [0, 0.1) is 5.92 Å². The van der Waals surface area contributed by atoms with Crippen molar-refractivity contribution in [2.45, 2.75) is 18.8 Å². The lowest BCUT2D eigenvalue weighted by molar-refractivity contribution is -0.118. The molecule has 0 spiro atoms. The summed E-state index contributed by atoms with van der Waals surface area (Å²) in [6.07, 6.45) is 1.42. The molecular formula is C23H28N4O2.